The van der Waals surface area contributed by atoms with Gasteiger partial charge in [0.2, 0.25) is 0 Å². The minimum Gasteiger partial charge on any atom is -0.430 e. The van der Waals surface area contributed by atoms with Gasteiger partial charge in [-0.1, -0.05) is 18.2 Å². The maximum atomic E-state index is 13.2. The van der Waals surface area contributed by atoms with Gasteiger partial charge < -0.3 is 15.2 Å². The number of benzene rings is 1. The zero-order valence-electron chi connectivity index (χ0n) is 13.1. The van der Waals surface area contributed by atoms with Crippen molar-refractivity contribution in [1.29, 1.82) is 0 Å². The second kappa shape index (κ2) is 7.81. The zero-order chi connectivity index (χ0) is 19.4. The summed E-state index contributed by atoms with van der Waals surface area (Å²) in [5.41, 5.74) is 1.04. The van der Waals surface area contributed by atoms with Crippen LogP contribution in [-0.4, -0.2) is 28.5 Å². The first kappa shape index (κ1) is 19.8. The molecule has 1 unspecified atom stereocenters. The SMILES string of the molecule is OCc1cccc(NCc2ccc(OC(F)(F)C(F)C(F)(F)F)cc2)n1. The average Bonchev–Trinajstić information content (AvgIpc) is 2.59. The smallest absolute Gasteiger partial charge is 0.430 e. The lowest BCUT2D eigenvalue weighted by atomic mass is 10.2. The van der Waals surface area contributed by atoms with Gasteiger partial charge >= 0.3 is 12.3 Å². The molecule has 1 aromatic carbocycles. The van der Waals surface area contributed by atoms with Crippen LogP contribution in [0.4, 0.5) is 32.2 Å². The summed E-state index contributed by atoms with van der Waals surface area (Å²) in [5.74, 6) is -0.139. The van der Waals surface area contributed by atoms with Crippen LogP contribution in [-0.2, 0) is 13.2 Å². The first-order chi connectivity index (χ1) is 12.1. The molecule has 0 aliphatic rings. The van der Waals surface area contributed by atoms with E-state index in [4.69, 9.17) is 5.11 Å². The number of anilines is 1. The molecule has 0 fully saturated rings. The summed E-state index contributed by atoms with van der Waals surface area (Å²) in [7, 11) is 0. The van der Waals surface area contributed by atoms with Crippen molar-refractivity contribution in [3.8, 4) is 5.75 Å². The fourth-order valence-corrected chi connectivity index (χ4v) is 1.93. The molecule has 0 saturated heterocycles. The summed E-state index contributed by atoms with van der Waals surface area (Å²) in [4.78, 5) is 4.08. The third kappa shape index (κ3) is 5.25. The third-order valence-corrected chi connectivity index (χ3v) is 3.20. The lowest BCUT2D eigenvalue weighted by Gasteiger charge is -2.23. The van der Waals surface area contributed by atoms with Gasteiger partial charge in [0, 0.05) is 6.54 Å². The minimum atomic E-state index is -5.73. The summed E-state index contributed by atoms with van der Waals surface area (Å²) >= 11 is 0. The average molecular weight is 380 g/mol. The Kier molecular flexibility index (Phi) is 5.96. The number of hydrogen-bond donors (Lipinski definition) is 2. The standard InChI is InChI=1S/C16H14F6N2O2/c17-14(15(18,19)20)16(21,22)26-12-6-4-10(5-7-12)8-23-13-3-1-2-11(9-25)24-13/h1-7,14,25H,8-9H2,(H,23,24). The van der Waals surface area contributed by atoms with E-state index in [-0.39, 0.29) is 13.2 Å². The van der Waals surface area contributed by atoms with E-state index in [0.717, 1.165) is 12.1 Å². The van der Waals surface area contributed by atoms with Gasteiger partial charge in [0.15, 0.2) is 0 Å². The highest BCUT2D eigenvalue weighted by atomic mass is 19.4. The largest absolute Gasteiger partial charge is 0.439 e. The van der Waals surface area contributed by atoms with Gasteiger partial charge in [-0.25, -0.2) is 9.37 Å². The number of pyridine rings is 1. The molecule has 0 amide bonds. The Bertz CT molecular complexity index is 721. The Balaban J connectivity index is 1.97. The molecule has 0 aliphatic carbocycles. The molecule has 2 N–H and O–H groups in total. The van der Waals surface area contributed by atoms with Crippen molar-refractivity contribution in [2.75, 3.05) is 5.32 Å². The third-order valence-electron chi connectivity index (χ3n) is 3.20. The van der Waals surface area contributed by atoms with Gasteiger partial charge in [-0.2, -0.15) is 22.0 Å². The van der Waals surface area contributed by atoms with Crippen LogP contribution in [0.15, 0.2) is 42.5 Å². The number of aromatic nitrogens is 1. The number of aliphatic hydroxyl groups excluding tert-OH is 1. The van der Waals surface area contributed by atoms with E-state index in [1.165, 1.54) is 12.1 Å². The highest BCUT2D eigenvalue weighted by Crippen LogP contribution is 2.36. The van der Waals surface area contributed by atoms with Gasteiger partial charge in [-0.05, 0) is 29.8 Å². The van der Waals surface area contributed by atoms with Crippen molar-refractivity contribution >= 4 is 5.82 Å². The van der Waals surface area contributed by atoms with Crippen LogP contribution in [0.25, 0.3) is 0 Å². The number of ether oxygens (including phenoxy) is 1. The van der Waals surface area contributed by atoms with Crippen LogP contribution in [0.3, 0.4) is 0 Å². The van der Waals surface area contributed by atoms with Crippen molar-refractivity contribution in [3.63, 3.8) is 0 Å². The molecular formula is C16H14F6N2O2. The number of hydrogen-bond acceptors (Lipinski definition) is 4. The summed E-state index contributed by atoms with van der Waals surface area (Å²) in [5, 5.41) is 11.9. The minimum absolute atomic E-state index is 0.229. The van der Waals surface area contributed by atoms with Crippen molar-refractivity contribution in [1.82, 2.24) is 4.98 Å². The number of alkyl halides is 6. The molecule has 2 aromatic rings. The van der Waals surface area contributed by atoms with Crippen LogP contribution in [0.5, 0.6) is 5.75 Å². The molecular weight excluding hydrogens is 366 g/mol. The normalized spacial score (nSPS) is 13.3. The van der Waals surface area contributed by atoms with E-state index < -0.39 is 24.2 Å². The van der Waals surface area contributed by atoms with Gasteiger partial charge in [0.1, 0.15) is 11.6 Å². The van der Waals surface area contributed by atoms with Crippen LogP contribution in [0, 0.1) is 0 Å². The van der Waals surface area contributed by atoms with Gasteiger partial charge in [-0.3, -0.25) is 0 Å². The summed E-state index contributed by atoms with van der Waals surface area (Å²) < 4.78 is 79.2. The molecule has 26 heavy (non-hydrogen) atoms. The van der Waals surface area contributed by atoms with Gasteiger partial charge in [-0.15, -0.1) is 0 Å². The molecule has 0 bridgehead atoms. The van der Waals surface area contributed by atoms with E-state index in [9.17, 15) is 26.3 Å². The molecule has 0 radical (unpaired) electrons. The van der Waals surface area contributed by atoms with E-state index in [1.807, 2.05) is 0 Å². The number of halogens is 6. The number of aliphatic hydroxyl groups is 1. The van der Waals surface area contributed by atoms with Crippen LogP contribution in [0.1, 0.15) is 11.3 Å². The maximum Gasteiger partial charge on any atom is 0.439 e. The van der Waals surface area contributed by atoms with Crippen molar-refractivity contribution in [2.45, 2.75) is 31.6 Å². The monoisotopic (exact) mass is 380 g/mol. The quantitative estimate of drug-likeness (QED) is 0.712. The molecule has 2 rings (SSSR count). The van der Waals surface area contributed by atoms with Crippen molar-refractivity contribution < 1.29 is 36.2 Å². The lowest BCUT2D eigenvalue weighted by Crippen LogP contribution is -2.45. The highest BCUT2D eigenvalue weighted by Gasteiger charge is 2.59. The summed E-state index contributed by atoms with van der Waals surface area (Å²) in [6.07, 6.45) is -15.2. The van der Waals surface area contributed by atoms with Gasteiger partial charge in [0.25, 0.3) is 6.17 Å². The zero-order valence-corrected chi connectivity index (χ0v) is 13.1. The van der Waals surface area contributed by atoms with Crippen molar-refractivity contribution in [3.05, 3.63) is 53.7 Å². The lowest BCUT2D eigenvalue weighted by molar-refractivity contribution is -0.304. The van der Waals surface area contributed by atoms with Crippen LogP contribution < -0.4 is 10.1 Å². The Morgan fingerprint density at radius 1 is 1.04 bits per heavy atom. The predicted molar refractivity (Wildman–Crippen MR) is 80.5 cm³/mol. The topological polar surface area (TPSA) is 54.4 Å². The first-order valence-corrected chi connectivity index (χ1v) is 7.29. The molecule has 0 saturated carbocycles. The molecule has 10 heteroatoms. The molecule has 1 aromatic heterocycles. The predicted octanol–water partition coefficient (Wildman–Crippen LogP) is 4.06. The number of nitrogens with one attached hydrogen (secondary N) is 1. The summed E-state index contributed by atoms with van der Waals surface area (Å²) in [6.45, 7) is -0.00387. The number of nitrogens with zero attached hydrogens (tertiary/aromatic N) is 1. The second-order valence-corrected chi connectivity index (χ2v) is 5.24. The molecule has 1 atom stereocenters. The van der Waals surface area contributed by atoms with E-state index in [1.54, 1.807) is 18.2 Å². The Labute approximate surface area is 144 Å². The first-order valence-electron chi connectivity index (χ1n) is 7.29. The van der Waals surface area contributed by atoms with Crippen LogP contribution in [0.2, 0.25) is 0 Å². The van der Waals surface area contributed by atoms with E-state index in [0.29, 0.717) is 17.1 Å². The molecule has 4 nitrogen and oxygen atoms in total. The van der Waals surface area contributed by atoms with Crippen molar-refractivity contribution in [2.24, 2.45) is 0 Å². The Morgan fingerprint density at radius 2 is 1.69 bits per heavy atom. The highest BCUT2D eigenvalue weighted by molar-refractivity contribution is 5.37. The van der Waals surface area contributed by atoms with Crippen LogP contribution >= 0.6 is 0 Å². The fraction of sp³-hybridized carbons (Fsp3) is 0.312. The molecule has 0 aliphatic heterocycles. The molecule has 142 valence electrons. The maximum absolute atomic E-state index is 13.2. The molecule has 0 spiro atoms. The number of rotatable bonds is 7. The second-order valence-electron chi connectivity index (χ2n) is 5.24. The fourth-order valence-electron chi connectivity index (χ4n) is 1.93. The summed E-state index contributed by atoms with van der Waals surface area (Å²) in [6, 6.07) is 9.61. The van der Waals surface area contributed by atoms with E-state index >= 15 is 0 Å². The Morgan fingerprint density at radius 3 is 2.27 bits per heavy atom. The molecule has 1 heterocycles. The van der Waals surface area contributed by atoms with E-state index in [2.05, 4.69) is 15.0 Å². The van der Waals surface area contributed by atoms with Gasteiger partial charge in [0.05, 0.1) is 12.3 Å². The Hall–Kier alpha value is -2.49.